The largest absolute Gasteiger partial charge is 0.323 e. The molecule has 0 saturated heterocycles. The van der Waals surface area contributed by atoms with Gasteiger partial charge in [-0.15, -0.1) is 45.3 Å². The molecule has 12 aromatic rings. The zero-order chi connectivity index (χ0) is 67.8. The van der Waals surface area contributed by atoms with E-state index in [1.54, 1.807) is 24.4 Å². The topological polar surface area (TPSA) is 432 Å². The van der Waals surface area contributed by atoms with Crippen LogP contribution < -0.4 is 36.3 Å². The fourth-order valence-electron chi connectivity index (χ4n) is 9.19. The van der Waals surface area contributed by atoms with Crippen LogP contribution in [0.25, 0.3) is 42.8 Å². The van der Waals surface area contributed by atoms with Crippen molar-refractivity contribution in [1.82, 2.24) is 85.4 Å². The number of nitrogens with zero attached hydrogens (tertiary/aromatic N) is 12. The summed E-state index contributed by atoms with van der Waals surface area (Å²) in [6.45, 7) is 1.89. The van der Waals surface area contributed by atoms with Crippen molar-refractivity contribution in [3.05, 3.63) is 148 Å². The zero-order valence-electron chi connectivity index (χ0n) is 50.7. The number of rotatable bonds is 20. The molecule has 0 spiro atoms. The number of aromatic amines is 4. The van der Waals surface area contributed by atoms with Crippen LogP contribution in [0.4, 0.5) is 55.3 Å². The highest BCUT2D eigenvalue weighted by atomic mass is 35.5. The first-order valence-corrected chi connectivity index (χ1v) is 37.9. The lowest BCUT2D eigenvalue weighted by atomic mass is 10.3. The molecule has 4 aliphatic carbocycles. The van der Waals surface area contributed by atoms with E-state index in [9.17, 15) is 34.0 Å². The van der Waals surface area contributed by atoms with E-state index in [1.807, 2.05) is 48.7 Å². The van der Waals surface area contributed by atoms with Gasteiger partial charge in [0.05, 0.1) is 38.1 Å². The van der Waals surface area contributed by atoms with Gasteiger partial charge in [0.15, 0.2) is 75.7 Å². The summed E-state index contributed by atoms with van der Waals surface area (Å²) in [5, 5.41) is 53.2. The molecule has 13 N–H and O–H groups in total. The number of sulfonamides is 3. The molecular weight excluding hydrogens is 1410 g/mol. The molecule has 0 atom stereocenters. The van der Waals surface area contributed by atoms with Crippen molar-refractivity contribution in [3.63, 3.8) is 0 Å². The Morgan fingerprint density at radius 3 is 1.21 bits per heavy atom. The van der Waals surface area contributed by atoms with Crippen molar-refractivity contribution >= 4 is 134 Å². The number of aryl methyl sites for hydroxylation is 1. The molecule has 12 aromatic heterocycles. The molecule has 0 radical (unpaired) electrons. The second-order valence-electron chi connectivity index (χ2n) is 22.5. The highest BCUT2D eigenvalue weighted by Gasteiger charge is 2.29. The van der Waals surface area contributed by atoms with Crippen LogP contribution in [0, 0.1) is 18.6 Å². The quantitative estimate of drug-likeness (QED) is 0.0337. The highest BCUT2D eigenvalue weighted by Crippen LogP contribution is 2.43. The van der Waals surface area contributed by atoms with E-state index in [1.165, 1.54) is 87.5 Å². The summed E-state index contributed by atoms with van der Waals surface area (Å²) in [4.78, 5) is 36.3. The third kappa shape index (κ3) is 16.7. The normalized spacial score (nSPS) is 14.5. The van der Waals surface area contributed by atoms with Crippen molar-refractivity contribution in [3.8, 4) is 42.8 Å². The van der Waals surface area contributed by atoms with Gasteiger partial charge in [0, 0.05) is 82.5 Å². The molecule has 0 aromatic carbocycles. The summed E-state index contributed by atoms with van der Waals surface area (Å²) in [5.74, 6) is 6.14. The van der Waals surface area contributed by atoms with Crippen LogP contribution in [0.15, 0.2) is 116 Å². The van der Waals surface area contributed by atoms with Crippen LogP contribution in [0.2, 0.25) is 5.02 Å². The number of nitrogens with two attached hydrogens (primary N) is 2. The Morgan fingerprint density at radius 1 is 0.474 bits per heavy atom. The summed E-state index contributed by atoms with van der Waals surface area (Å²) in [6, 6.07) is 20.7. The molecule has 0 amide bonds. The maximum absolute atomic E-state index is 14.1. The summed E-state index contributed by atoms with van der Waals surface area (Å²) in [6.07, 6.45) is 14.7. The second kappa shape index (κ2) is 27.9. The Bertz CT molecular complexity index is 5010. The Kier molecular flexibility index (Phi) is 19.2. The highest BCUT2D eigenvalue weighted by molar-refractivity contribution is 7.92. The molecule has 39 heteroatoms. The first kappa shape index (κ1) is 66.6. The van der Waals surface area contributed by atoms with E-state index in [0.717, 1.165) is 86.3 Å². The number of thiophene rings is 4. The lowest BCUT2D eigenvalue weighted by molar-refractivity contribution is 0.590. The van der Waals surface area contributed by atoms with Crippen LogP contribution in [0.5, 0.6) is 0 Å². The molecule has 4 aliphatic rings. The molecule has 0 bridgehead atoms. The zero-order valence-corrected chi connectivity index (χ0v) is 57.2. The van der Waals surface area contributed by atoms with E-state index >= 15 is 0 Å². The summed E-state index contributed by atoms with van der Waals surface area (Å²) < 4.78 is 99.8. The van der Waals surface area contributed by atoms with Gasteiger partial charge in [-0.2, -0.15) is 20.4 Å². The number of anilines is 8. The van der Waals surface area contributed by atoms with Gasteiger partial charge in [0.25, 0.3) is 0 Å². The maximum Gasteiger partial charge on any atom is 0.249 e. The Hall–Kier alpha value is -8.96. The lowest BCUT2D eigenvalue weighted by Crippen LogP contribution is -2.17. The first-order valence-electron chi connectivity index (χ1n) is 29.6. The number of hydrogen-bond donors (Lipinski definition) is 11. The van der Waals surface area contributed by atoms with Gasteiger partial charge in [0.2, 0.25) is 30.1 Å². The van der Waals surface area contributed by atoms with E-state index in [2.05, 4.69) is 107 Å². The number of H-pyrrole nitrogens is 4. The van der Waals surface area contributed by atoms with E-state index in [-0.39, 0.29) is 30.1 Å². The van der Waals surface area contributed by atoms with Gasteiger partial charge in [-0.05, 0) is 113 Å². The lowest BCUT2D eigenvalue weighted by Gasteiger charge is -2.06. The van der Waals surface area contributed by atoms with Crippen LogP contribution in [0.1, 0.15) is 103 Å². The summed E-state index contributed by atoms with van der Waals surface area (Å²) in [5.41, 5.74) is 5.19. The van der Waals surface area contributed by atoms with Gasteiger partial charge in [-0.1, -0.05) is 17.7 Å². The molecular formula is C58H56ClF2N23O6S7. The SMILES string of the molecule is CNS(=O)(=O)c1ccc(-c2ncc(F)c(Nc3cc(C4CC4)[nH]n3)n2)s1.Cc1cnc(-c2ccc(S(N)(=O)=O)s2)nc1Nc1cc(C2CC2)[nH]n1.Fc1cnc(-c2cccs2)nc1Nc1cc(C2CC2)[nH]n1.NS(=O)(=O)c1ccc(-c2ncc(Cl)c(Nc3cc(C4CC4)[nH]n3)n2)s1. The third-order valence-corrected chi connectivity index (χ3v) is 24.1. The molecule has 4 fully saturated rings. The van der Waals surface area contributed by atoms with Crippen molar-refractivity contribution < 1.29 is 34.0 Å². The number of halogens is 3. The summed E-state index contributed by atoms with van der Waals surface area (Å²) >= 11 is 10.7. The average Bonchev–Trinajstić information content (AvgIpc) is 1.83. The standard InChI is InChI=1S/C15H15FN6O2S2.C15H16N6O2S2.C14H13ClN6O2S2.C14H12FN5S/c1-17-26(23,24)13-5-4-11(25-13)15-18-7-9(16)14(20-15)19-12-6-10(21-22-12)8-2-3-8;1-8-7-17-15(11-4-5-13(24-11)25(16,22)23)19-14(8)18-12-6-10(20-21-12)9-2-3-9;15-8-6-17-14(10-3-4-12(24-10)25(16,22)23)19-13(8)18-11-5-9(20-21-11)7-1-2-7;15-9-7-16-14(11-2-1-5-21-11)18-13(9)17-12-6-10(19-20-12)8-3-4-8/h4-8,17H,2-3H2,1H3,(H2,18,19,20,21,22);4-7,9H,2-3H2,1H3,(H2,16,22,23)(H2,17,18,19,20,21);3-7H,1-2H2,(H2,16,22,23)(H2,17,18,19,20,21);1-2,5-8H,3-4H2,(H2,16,17,18,19,20). The van der Waals surface area contributed by atoms with Crippen LogP contribution in [-0.2, 0) is 30.1 Å². The van der Waals surface area contributed by atoms with Crippen LogP contribution in [-0.4, -0.2) is 113 Å². The van der Waals surface area contributed by atoms with Crippen molar-refractivity contribution in [2.24, 2.45) is 10.3 Å². The van der Waals surface area contributed by atoms with Crippen molar-refractivity contribution in [1.29, 1.82) is 0 Å². The predicted octanol–water partition coefficient (Wildman–Crippen LogP) is 11.6. The van der Waals surface area contributed by atoms with E-state index < -0.39 is 41.7 Å². The Labute approximate surface area is 572 Å². The van der Waals surface area contributed by atoms with Gasteiger partial charge >= 0.3 is 0 Å². The average molecular weight is 1470 g/mol. The van der Waals surface area contributed by atoms with Crippen molar-refractivity contribution in [2.75, 3.05) is 28.3 Å². The second-order valence-corrected chi connectivity index (χ2v) is 32.8. The minimum atomic E-state index is -3.75. The number of hydrogen-bond acceptors (Lipinski definition) is 26. The van der Waals surface area contributed by atoms with Gasteiger partial charge < -0.3 is 21.3 Å². The predicted molar refractivity (Wildman–Crippen MR) is 365 cm³/mol. The minimum absolute atomic E-state index is 0.0183. The maximum atomic E-state index is 14.1. The molecule has 0 unspecified atom stereocenters. The molecule has 0 aliphatic heterocycles. The fourth-order valence-corrected chi connectivity index (χ4v) is 15.4. The van der Waals surface area contributed by atoms with Gasteiger partial charge in [0.1, 0.15) is 23.5 Å². The molecule has 97 heavy (non-hydrogen) atoms. The molecule has 4 saturated carbocycles. The van der Waals surface area contributed by atoms with Crippen LogP contribution >= 0.6 is 56.9 Å². The smallest absolute Gasteiger partial charge is 0.249 e. The third-order valence-electron chi connectivity index (χ3n) is 14.9. The molecule has 29 nitrogen and oxygen atoms in total. The van der Waals surface area contributed by atoms with Crippen LogP contribution in [0.3, 0.4) is 0 Å². The monoisotopic (exact) mass is 1470 g/mol. The Balaban J connectivity index is 0.000000117. The molecule has 502 valence electrons. The minimum Gasteiger partial charge on any atom is -0.323 e. The number of primary sulfonamides is 2. The molecule has 16 rings (SSSR count). The van der Waals surface area contributed by atoms with Crippen molar-refractivity contribution in [2.45, 2.75) is 94.6 Å². The van der Waals surface area contributed by atoms with E-state index in [0.29, 0.717) is 95.7 Å². The molecule has 12 heterocycles. The van der Waals surface area contributed by atoms with E-state index in [4.69, 9.17) is 21.9 Å². The van der Waals surface area contributed by atoms with Gasteiger partial charge in [-0.3, -0.25) is 20.4 Å². The first-order chi connectivity index (χ1) is 46.5. The van der Waals surface area contributed by atoms with Gasteiger partial charge in [-0.25, -0.2) is 88.9 Å². The Morgan fingerprint density at radius 2 is 0.825 bits per heavy atom. The summed E-state index contributed by atoms with van der Waals surface area (Å²) in [7, 11) is -9.68. The fraction of sp³-hybridized carbons (Fsp3) is 0.241. The number of nitrogens with one attached hydrogen (secondary N) is 9. The number of aromatic nitrogens is 16.